The molecule has 0 saturated heterocycles. The van der Waals surface area contributed by atoms with Crippen molar-refractivity contribution in [1.29, 1.82) is 0 Å². The molecule has 0 aliphatic carbocycles. The molecule has 0 bridgehead atoms. The Bertz CT molecular complexity index is 452. The van der Waals surface area contributed by atoms with Crippen molar-refractivity contribution in [2.24, 2.45) is 5.11 Å². The van der Waals surface area contributed by atoms with E-state index in [1.54, 1.807) is 18.2 Å². The second-order valence-corrected chi connectivity index (χ2v) is 3.15. The molecule has 15 heavy (non-hydrogen) atoms. The molecule has 5 heteroatoms. The first-order valence-electron chi connectivity index (χ1n) is 4.29. The van der Waals surface area contributed by atoms with Crippen LogP contribution in [-0.4, -0.2) is 6.54 Å². The minimum absolute atomic E-state index is 0.365. The number of hydrogen-bond donors (Lipinski definition) is 1. The molecular formula is C10H9ClN4. The molecule has 0 aliphatic rings. The second-order valence-electron chi connectivity index (χ2n) is 2.75. The molecule has 0 spiro atoms. The van der Waals surface area contributed by atoms with Crippen LogP contribution in [0.15, 0.2) is 23.3 Å². The normalized spacial score (nSPS) is 8.60. The molecule has 0 saturated carbocycles. The predicted octanol–water partition coefficient (Wildman–Crippen LogP) is 2.97. The standard InChI is InChI=1S/C10H9ClN4/c11-10-5-4-9(12)7-8(10)3-1-2-6-14-15-13/h4-5,7H,2,6,12H2. The van der Waals surface area contributed by atoms with Crippen LogP contribution >= 0.6 is 11.6 Å². The highest BCUT2D eigenvalue weighted by Crippen LogP contribution is 2.17. The van der Waals surface area contributed by atoms with Crippen molar-refractivity contribution in [2.75, 3.05) is 12.3 Å². The van der Waals surface area contributed by atoms with E-state index in [1.807, 2.05) is 0 Å². The molecule has 0 amide bonds. The Morgan fingerprint density at radius 1 is 1.53 bits per heavy atom. The van der Waals surface area contributed by atoms with Gasteiger partial charge in [0.15, 0.2) is 0 Å². The molecule has 1 rings (SSSR count). The van der Waals surface area contributed by atoms with E-state index in [0.717, 1.165) is 0 Å². The van der Waals surface area contributed by atoms with Crippen LogP contribution in [0.4, 0.5) is 5.69 Å². The fourth-order valence-electron chi connectivity index (χ4n) is 0.947. The average molecular weight is 221 g/mol. The van der Waals surface area contributed by atoms with Gasteiger partial charge < -0.3 is 5.73 Å². The van der Waals surface area contributed by atoms with E-state index in [4.69, 9.17) is 22.9 Å². The summed E-state index contributed by atoms with van der Waals surface area (Å²) in [5, 5.41) is 3.93. The number of halogens is 1. The summed E-state index contributed by atoms with van der Waals surface area (Å²) in [6.45, 7) is 0.365. The Morgan fingerprint density at radius 2 is 2.33 bits per heavy atom. The monoisotopic (exact) mass is 220 g/mol. The van der Waals surface area contributed by atoms with Gasteiger partial charge in [-0.2, -0.15) is 0 Å². The quantitative estimate of drug-likeness (QED) is 0.204. The summed E-state index contributed by atoms with van der Waals surface area (Å²) < 4.78 is 0. The molecule has 1 aromatic rings. The van der Waals surface area contributed by atoms with Gasteiger partial charge >= 0.3 is 0 Å². The first-order valence-corrected chi connectivity index (χ1v) is 4.66. The van der Waals surface area contributed by atoms with Crippen LogP contribution in [0, 0.1) is 11.8 Å². The largest absolute Gasteiger partial charge is 0.399 e. The highest BCUT2D eigenvalue weighted by Gasteiger charge is 1.95. The van der Waals surface area contributed by atoms with Crippen molar-refractivity contribution < 1.29 is 0 Å². The topological polar surface area (TPSA) is 74.8 Å². The van der Waals surface area contributed by atoms with E-state index < -0.39 is 0 Å². The molecule has 1 aromatic carbocycles. The molecule has 0 heterocycles. The number of nitrogen functional groups attached to an aromatic ring is 1. The van der Waals surface area contributed by atoms with Gasteiger partial charge in [-0.25, -0.2) is 0 Å². The van der Waals surface area contributed by atoms with Crippen molar-refractivity contribution in [3.8, 4) is 11.8 Å². The third-order valence-electron chi connectivity index (χ3n) is 1.61. The van der Waals surface area contributed by atoms with Gasteiger partial charge in [0.1, 0.15) is 0 Å². The van der Waals surface area contributed by atoms with Crippen molar-refractivity contribution >= 4 is 17.3 Å². The molecule has 0 fully saturated rings. The molecule has 0 aromatic heterocycles. The van der Waals surface area contributed by atoms with Gasteiger partial charge in [0, 0.05) is 29.1 Å². The maximum atomic E-state index is 8.04. The Labute approximate surface area is 92.7 Å². The summed E-state index contributed by atoms with van der Waals surface area (Å²) in [6, 6.07) is 5.13. The third kappa shape index (κ3) is 3.82. The molecule has 4 nitrogen and oxygen atoms in total. The lowest BCUT2D eigenvalue weighted by Gasteiger charge is -1.96. The molecule has 2 N–H and O–H groups in total. The molecular weight excluding hydrogens is 212 g/mol. The van der Waals surface area contributed by atoms with Crippen LogP contribution in [-0.2, 0) is 0 Å². The fraction of sp³-hybridized carbons (Fsp3) is 0.200. The average Bonchev–Trinajstić information content (AvgIpc) is 2.23. The van der Waals surface area contributed by atoms with E-state index in [0.29, 0.717) is 29.2 Å². The van der Waals surface area contributed by atoms with Crippen LogP contribution in [0.5, 0.6) is 0 Å². The van der Waals surface area contributed by atoms with Crippen molar-refractivity contribution in [1.82, 2.24) is 0 Å². The smallest absolute Gasteiger partial charge is 0.0564 e. The van der Waals surface area contributed by atoms with E-state index in [1.165, 1.54) is 0 Å². The van der Waals surface area contributed by atoms with E-state index in [-0.39, 0.29) is 0 Å². The van der Waals surface area contributed by atoms with Crippen LogP contribution in [0.25, 0.3) is 10.4 Å². The lowest BCUT2D eigenvalue weighted by Crippen LogP contribution is -1.86. The lowest BCUT2D eigenvalue weighted by molar-refractivity contribution is 1.01. The number of hydrogen-bond acceptors (Lipinski definition) is 2. The van der Waals surface area contributed by atoms with Crippen molar-refractivity contribution in [3.05, 3.63) is 39.2 Å². The maximum Gasteiger partial charge on any atom is 0.0564 e. The number of azide groups is 1. The third-order valence-corrected chi connectivity index (χ3v) is 1.94. The van der Waals surface area contributed by atoms with Crippen LogP contribution < -0.4 is 5.73 Å². The van der Waals surface area contributed by atoms with Gasteiger partial charge in [-0.3, -0.25) is 0 Å². The Hall–Kier alpha value is -1.82. The Balaban J connectivity index is 2.70. The highest BCUT2D eigenvalue weighted by atomic mass is 35.5. The summed E-state index contributed by atoms with van der Waals surface area (Å²) in [4.78, 5) is 2.62. The zero-order valence-electron chi connectivity index (χ0n) is 7.94. The fourth-order valence-corrected chi connectivity index (χ4v) is 1.11. The second kappa shape index (κ2) is 5.82. The highest BCUT2D eigenvalue weighted by molar-refractivity contribution is 6.31. The first-order chi connectivity index (χ1) is 7.24. The Morgan fingerprint density at radius 3 is 3.07 bits per heavy atom. The summed E-state index contributed by atoms with van der Waals surface area (Å²) >= 11 is 5.90. The summed E-state index contributed by atoms with van der Waals surface area (Å²) in [5.41, 5.74) is 14.9. The summed E-state index contributed by atoms with van der Waals surface area (Å²) in [6.07, 6.45) is 0.509. The Kier molecular flexibility index (Phi) is 4.36. The predicted molar refractivity (Wildman–Crippen MR) is 61.4 cm³/mol. The van der Waals surface area contributed by atoms with Crippen LogP contribution in [0.2, 0.25) is 5.02 Å². The van der Waals surface area contributed by atoms with Gasteiger partial charge in [-0.1, -0.05) is 28.6 Å². The molecule has 76 valence electrons. The number of rotatable bonds is 2. The van der Waals surface area contributed by atoms with Gasteiger partial charge in [0.25, 0.3) is 0 Å². The van der Waals surface area contributed by atoms with E-state index in [9.17, 15) is 0 Å². The zero-order chi connectivity index (χ0) is 11.1. The SMILES string of the molecule is [N-]=[N+]=NCCC#Cc1cc(N)ccc1Cl. The van der Waals surface area contributed by atoms with Gasteiger partial charge in [0.2, 0.25) is 0 Å². The van der Waals surface area contributed by atoms with Gasteiger partial charge in [-0.15, -0.1) is 0 Å². The molecule has 0 aliphatic heterocycles. The van der Waals surface area contributed by atoms with Crippen molar-refractivity contribution in [3.63, 3.8) is 0 Å². The minimum atomic E-state index is 0.365. The summed E-state index contributed by atoms with van der Waals surface area (Å²) in [7, 11) is 0. The van der Waals surface area contributed by atoms with Gasteiger partial charge in [0.05, 0.1) is 5.02 Å². The van der Waals surface area contributed by atoms with Gasteiger partial charge in [-0.05, 0) is 23.7 Å². The minimum Gasteiger partial charge on any atom is -0.399 e. The van der Waals surface area contributed by atoms with Crippen LogP contribution in [0.1, 0.15) is 12.0 Å². The number of anilines is 1. The molecule has 0 radical (unpaired) electrons. The zero-order valence-corrected chi connectivity index (χ0v) is 8.70. The maximum absolute atomic E-state index is 8.04. The number of nitrogens with two attached hydrogens (primary N) is 1. The van der Waals surface area contributed by atoms with Crippen LogP contribution in [0.3, 0.4) is 0 Å². The summed E-state index contributed by atoms with van der Waals surface area (Å²) in [5.74, 6) is 5.72. The number of benzene rings is 1. The van der Waals surface area contributed by atoms with E-state index in [2.05, 4.69) is 21.9 Å². The molecule has 0 atom stereocenters. The number of nitrogens with zero attached hydrogens (tertiary/aromatic N) is 3. The first kappa shape index (κ1) is 11.3. The molecule has 0 unspecified atom stereocenters. The van der Waals surface area contributed by atoms with Crippen molar-refractivity contribution in [2.45, 2.75) is 6.42 Å². The van der Waals surface area contributed by atoms with E-state index >= 15 is 0 Å². The lowest BCUT2D eigenvalue weighted by atomic mass is 10.2.